The van der Waals surface area contributed by atoms with Crippen LogP contribution >= 0.6 is 0 Å². The van der Waals surface area contributed by atoms with E-state index in [0.717, 1.165) is 0 Å². The van der Waals surface area contributed by atoms with Crippen molar-refractivity contribution < 1.29 is 23.6 Å². The SMILES string of the molecule is C[C@H](NC(=O)[C@H]1CC(c2ccc(F)cc2)=NO1)C(=O)N1CCOCC1. The van der Waals surface area contributed by atoms with E-state index in [1.165, 1.54) is 12.1 Å². The lowest BCUT2D eigenvalue weighted by Gasteiger charge is -2.29. The Morgan fingerprint density at radius 2 is 1.96 bits per heavy atom. The zero-order chi connectivity index (χ0) is 17.8. The molecule has 25 heavy (non-hydrogen) atoms. The van der Waals surface area contributed by atoms with Gasteiger partial charge >= 0.3 is 0 Å². The van der Waals surface area contributed by atoms with Crippen molar-refractivity contribution in [1.82, 2.24) is 10.2 Å². The molecule has 0 unspecified atom stereocenters. The number of oxime groups is 1. The molecule has 2 aliphatic rings. The van der Waals surface area contributed by atoms with Crippen molar-refractivity contribution >= 4 is 17.5 Å². The predicted octanol–water partition coefficient (Wildman–Crippen LogP) is 0.682. The van der Waals surface area contributed by atoms with Crippen LogP contribution in [0.2, 0.25) is 0 Å². The third kappa shape index (κ3) is 4.14. The third-order valence-electron chi connectivity index (χ3n) is 4.19. The Morgan fingerprint density at radius 1 is 1.28 bits per heavy atom. The van der Waals surface area contributed by atoms with Crippen molar-refractivity contribution in [2.24, 2.45) is 5.16 Å². The van der Waals surface area contributed by atoms with Crippen LogP contribution in [0.1, 0.15) is 18.9 Å². The van der Waals surface area contributed by atoms with Crippen LogP contribution in [0.4, 0.5) is 4.39 Å². The van der Waals surface area contributed by atoms with Gasteiger partial charge in [0.15, 0.2) is 0 Å². The molecule has 2 atom stereocenters. The second-order valence-electron chi connectivity index (χ2n) is 6.01. The minimum absolute atomic E-state index is 0.144. The fourth-order valence-corrected chi connectivity index (χ4v) is 2.76. The molecule has 1 saturated heterocycles. The van der Waals surface area contributed by atoms with Crippen molar-refractivity contribution in [3.05, 3.63) is 35.6 Å². The first kappa shape index (κ1) is 17.3. The number of carbonyl (C=O) groups excluding carboxylic acids is 2. The zero-order valence-corrected chi connectivity index (χ0v) is 13.9. The van der Waals surface area contributed by atoms with Crippen LogP contribution in [0.25, 0.3) is 0 Å². The molecule has 8 heteroatoms. The number of morpholine rings is 1. The average molecular weight is 349 g/mol. The molecule has 2 aliphatic heterocycles. The molecule has 7 nitrogen and oxygen atoms in total. The van der Waals surface area contributed by atoms with Gasteiger partial charge in [-0.25, -0.2) is 4.39 Å². The number of nitrogens with one attached hydrogen (secondary N) is 1. The Bertz CT molecular complexity index is 671. The normalized spacial score (nSPS) is 21.3. The lowest BCUT2D eigenvalue weighted by molar-refractivity contribution is -0.141. The number of rotatable bonds is 4. The Labute approximate surface area is 144 Å². The number of hydrogen-bond acceptors (Lipinski definition) is 5. The van der Waals surface area contributed by atoms with Crippen molar-refractivity contribution in [1.29, 1.82) is 0 Å². The molecule has 0 aromatic heterocycles. The topological polar surface area (TPSA) is 80.2 Å². The number of benzene rings is 1. The van der Waals surface area contributed by atoms with Gasteiger partial charge in [0.1, 0.15) is 11.9 Å². The zero-order valence-electron chi connectivity index (χ0n) is 13.9. The van der Waals surface area contributed by atoms with Crippen LogP contribution in [-0.2, 0) is 19.2 Å². The van der Waals surface area contributed by atoms with Gasteiger partial charge in [0.2, 0.25) is 12.0 Å². The highest BCUT2D eigenvalue weighted by atomic mass is 19.1. The summed E-state index contributed by atoms with van der Waals surface area (Å²) in [7, 11) is 0. The number of amides is 2. The average Bonchev–Trinajstić information content (AvgIpc) is 3.12. The molecule has 2 heterocycles. The second-order valence-corrected chi connectivity index (χ2v) is 6.01. The number of halogens is 1. The molecule has 0 saturated carbocycles. The molecule has 3 rings (SSSR count). The molecule has 0 spiro atoms. The van der Waals surface area contributed by atoms with E-state index >= 15 is 0 Å². The standard InChI is InChI=1S/C17H20FN3O4/c1-11(17(23)21-6-8-24-9-7-21)19-16(22)15-10-14(20-25-15)12-2-4-13(18)5-3-12/h2-5,11,15H,6-10H2,1H3,(H,19,22)/t11-,15+/m0/s1. The number of nitrogens with zero attached hydrogens (tertiary/aromatic N) is 2. The van der Waals surface area contributed by atoms with E-state index in [-0.39, 0.29) is 18.1 Å². The Kier molecular flexibility index (Phi) is 5.28. The van der Waals surface area contributed by atoms with E-state index in [1.54, 1.807) is 24.0 Å². The number of carbonyl (C=O) groups is 2. The van der Waals surface area contributed by atoms with Gasteiger partial charge in [-0.05, 0) is 24.6 Å². The van der Waals surface area contributed by atoms with Crippen LogP contribution in [0.5, 0.6) is 0 Å². The van der Waals surface area contributed by atoms with Gasteiger partial charge in [-0.3, -0.25) is 9.59 Å². The maximum absolute atomic E-state index is 13.0. The molecule has 2 amide bonds. The van der Waals surface area contributed by atoms with E-state index in [2.05, 4.69) is 10.5 Å². The van der Waals surface area contributed by atoms with E-state index in [9.17, 15) is 14.0 Å². The Morgan fingerprint density at radius 3 is 2.64 bits per heavy atom. The summed E-state index contributed by atoms with van der Waals surface area (Å²) in [6.07, 6.45) is -0.518. The molecule has 0 radical (unpaired) electrons. The monoisotopic (exact) mass is 349 g/mol. The number of hydrogen-bond donors (Lipinski definition) is 1. The summed E-state index contributed by atoms with van der Waals surface area (Å²) in [6, 6.07) is 5.18. The summed E-state index contributed by atoms with van der Waals surface area (Å²) in [5, 5.41) is 6.57. The van der Waals surface area contributed by atoms with Gasteiger partial charge < -0.3 is 19.8 Å². The molecule has 1 N–H and O–H groups in total. The Balaban J connectivity index is 1.52. The summed E-state index contributed by atoms with van der Waals surface area (Å²) in [5.41, 5.74) is 1.28. The molecule has 1 aromatic carbocycles. The molecule has 1 aromatic rings. The van der Waals surface area contributed by atoms with Crippen LogP contribution in [0.15, 0.2) is 29.4 Å². The van der Waals surface area contributed by atoms with Crippen LogP contribution < -0.4 is 5.32 Å². The van der Waals surface area contributed by atoms with Gasteiger partial charge in [0.05, 0.1) is 18.9 Å². The largest absolute Gasteiger partial charge is 0.382 e. The maximum Gasteiger partial charge on any atom is 0.264 e. The lowest BCUT2D eigenvalue weighted by atomic mass is 10.0. The van der Waals surface area contributed by atoms with Gasteiger partial charge in [-0.1, -0.05) is 17.3 Å². The highest BCUT2D eigenvalue weighted by Crippen LogP contribution is 2.17. The minimum Gasteiger partial charge on any atom is -0.382 e. The van der Waals surface area contributed by atoms with Crippen LogP contribution in [0, 0.1) is 5.82 Å². The summed E-state index contributed by atoms with van der Waals surface area (Å²) in [4.78, 5) is 31.5. The van der Waals surface area contributed by atoms with Crippen LogP contribution in [-0.4, -0.2) is 60.9 Å². The van der Waals surface area contributed by atoms with E-state index in [0.29, 0.717) is 37.6 Å². The Hall–Kier alpha value is -2.48. The van der Waals surface area contributed by atoms with E-state index in [4.69, 9.17) is 9.57 Å². The van der Waals surface area contributed by atoms with Gasteiger partial charge in [-0.15, -0.1) is 0 Å². The molecule has 0 aliphatic carbocycles. The van der Waals surface area contributed by atoms with Crippen molar-refractivity contribution in [2.75, 3.05) is 26.3 Å². The highest BCUT2D eigenvalue weighted by molar-refractivity contribution is 6.04. The fourth-order valence-electron chi connectivity index (χ4n) is 2.76. The predicted molar refractivity (Wildman–Crippen MR) is 87.4 cm³/mol. The molecule has 0 bridgehead atoms. The van der Waals surface area contributed by atoms with Crippen molar-refractivity contribution in [3.8, 4) is 0 Å². The first-order chi connectivity index (χ1) is 12.0. The van der Waals surface area contributed by atoms with Gasteiger partial charge in [0, 0.05) is 19.5 Å². The molecule has 1 fully saturated rings. The second kappa shape index (κ2) is 7.60. The first-order valence-corrected chi connectivity index (χ1v) is 8.20. The molecular weight excluding hydrogens is 329 g/mol. The van der Waals surface area contributed by atoms with Gasteiger partial charge in [-0.2, -0.15) is 0 Å². The lowest BCUT2D eigenvalue weighted by Crippen LogP contribution is -2.52. The fraction of sp³-hybridized carbons (Fsp3) is 0.471. The minimum atomic E-state index is -0.792. The van der Waals surface area contributed by atoms with Crippen LogP contribution in [0.3, 0.4) is 0 Å². The van der Waals surface area contributed by atoms with E-state index in [1.807, 2.05) is 0 Å². The molecular formula is C17H20FN3O4. The third-order valence-corrected chi connectivity index (χ3v) is 4.19. The first-order valence-electron chi connectivity index (χ1n) is 8.20. The summed E-state index contributed by atoms with van der Waals surface area (Å²) >= 11 is 0. The summed E-state index contributed by atoms with van der Waals surface area (Å²) < 4.78 is 18.2. The summed E-state index contributed by atoms with van der Waals surface area (Å²) in [5.74, 6) is -0.877. The highest BCUT2D eigenvalue weighted by Gasteiger charge is 2.32. The van der Waals surface area contributed by atoms with Gasteiger partial charge in [0.25, 0.3) is 5.91 Å². The molecule has 134 valence electrons. The summed E-state index contributed by atoms with van der Waals surface area (Å²) in [6.45, 7) is 3.71. The van der Waals surface area contributed by atoms with Crippen molar-refractivity contribution in [3.63, 3.8) is 0 Å². The smallest absolute Gasteiger partial charge is 0.264 e. The van der Waals surface area contributed by atoms with E-state index < -0.39 is 18.1 Å². The quantitative estimate of drug-likeness (QED) is 0.867. The number of ether oxygens (including phenoxy) is 1. The maximum atomic E-state index is 13.0. The van der Waals surface area contributed by atoms with Crippen molar-refractivity contribution in [2.45, 2.75) is 25.5 Å².